The van der Waals surface area contributed by atoms with Crippen molar-refractivity contribution in [2.24, 2.45) is 0 Å². The highest BCUT2D eigenvalue weighted by molar-refractivity contribution is 9.10. The molecule has 1 amide bonds. The second-order valence-corrected chi connectivity index (χ2v) is 6.97. The molecular weight excluding hydrogens is 352 g/mol. The van der Waals surface area contributed by atoms with E-state index in [-0.39, 0.29) is 11.9 Å². The number of nitrogens with one attached hydrogen (secondary N) is 2. The number of fused-ring (bicyclic) bond motifs is 1. The molecule has 0 saturated heterocycles. The molecule has 4 heteroatoms. The molecule has 0 radical (unpaired) electrons. The number of carbonyl (C=O) groups is 1. The van der Waals surface area contributed by atoms with Crippen LogP contribution in [-0.2, 0) is 17.6 Å². The van der Waals surface area contributed by atoms with E-state index < -0.39 is 0 Å². The lowest BCUT2D eigenvalue weighted by Gasteiger charge is -2.19. The molecule has 2 aromatic rings. The lowest BCUT2D eigenvalue weighted by atomic mass is 9.91. The summed E-state index contributed by atoms with van der Waals surface area (Å²) in [5.41, 5.74) is 4.69. The highest BCUT2D eigenvalue weighted by Gasteiger charge is 2.14. The van der Waals surface area contributed by atoms with Gasteiger partial charge in [0.05, 0.1) is 0 Å². The van der Waals surface area contributed by atoms with E-state index in [0.717, 1.165) is 22.3 Å². The lowest BCUT2D eigenvalue weighted by molar-refractivity contribution is -0.116. The van der Waals surface area contributed by atoms with Crippen molar-refractivity contribution in [3.05, 3.63) is 58.1 Å². The van der Waals surface area contributed by atoms with Crippen molar-refractivity contribution in [3.63, 3.8) is 0 Å². The van der Waals surface area contributed by atoms with Gasteiger partial charge >= 0.3 is 0 Å². The van der Waals surface area contributed by atoms with E-state index in [1.165, 1.54) is 30.4 Å². The molecule has 0 heterocycles. The van der Waals surface area contributed by atoms with Crippen LogP contribution in [0.2, 0.25) is 0 Å². The second-order valence-electron chi connectivity index (χ2n) is 6.05. The molecule has 3 rings (SSSR count). The zero-order valence-electron chi connectivity index (χ0n) is 13.2. The fourth-order valence-electron chi connectivity index (χ4n) is 2.92. The number of hydrogen-bond donors (Lipinski definition) is 2. The molecule has 3 nitrogen and oxygen atoms in total. The van der Waals surface area contributed by atoms with E-state index in [4.69, 9.17) is 0 Å². The smallest absolute Gasteiger partial charge is 0.246 e. The number of rotatable bonds is 4. The van der Waals surface area contributed by atoms with Crippen molar-refractivity contribution in [1.82, 2.24) is 0 Å². The summed E-state index contributed by atoms with van der Waals surface area (Å²) in [6.45, 7) is 1.88. The van der Waals surface area contributed by atoms with Crippen LogP contribution in [0.25, 0.3) is 0 Å². The summed E-state index contributed by atoms with van der Waals surface area (Å²) >= 11 is 3.39. The topological polar surface area (TPSA) is 41.1 Å². The maximum absolute atomic E-state index is 12.3. The first-order valence-electron chi connectivity index (χ1n) is 8.06. The third kappa shape index (κ3) is 4.14. The van der Waals surface area contributed by atoms with Crippen molar-refractivity contribution in [3.8, 4) is 0 Å². The van der Waals surface area contributed by atoms with Crippen LogP contribution in [0.1, 0.15) is 30.9 Å². The molecule has 0 aromatic heterocycles. The van der Waals surface area contributed by atoms with Crippen LogP contribution in [0, 0.1) is 0 Å². The average molecular weight is 373 g/mol. The number of carbonyl (C=O) groups excluding carboxylic acids is 1. The monoisotopic (exact) mass is 372 g/mol. The summed E-state index contributed by atoms with van der Waals surface area (Å²) < 4.78 is 0.996. The van der Waals surface area contributed by atoms with Gasteiger partial charge in [0.15, 0.2) is 0 Å². The lowest BCUT2D eigenvalue weighted by Crippen LogP contribution is -2.31. The van der Waals surface area contributed by atoms with E-state index in [1.807, 2.05) is 31.2 Å². The fraction of sp³-hybridized carbons (Fsp3) is 0.316. The van der Waals surface area contributed by atoms with Crippen LogP contribution in [-0.4, -0.2) is 11.9 Å². The molecule has 23 heavy (non-hydrogen) atoms. The highest BCUT2D eigenvalue weighted by Crippen LogP contribution is 2.24. The molecule has 0 spiro atoms. The van der Waals surface area contributed by atoms with Gasteiger partial charge in [0.25, 0.3) is 0 Å². The Labute approximate surface area is 145 Å². The quantitative estimate of drug-likeness (QED) is 0.811. The van der Waals surface area contributed by atoms with Crippen LogP contribution in [0.15, 0.2) is 46.9 Å². The van der Waals surface area contributed by atoms with Crippen molar-refractivity contribution in [1.29, 1.82) is 0 Å². The summed E-state index contributed by atoms with van der Waals surface area (Å²) in [7, 11) is 0. The molecule has 0 fully saturated rings. The van der Waals surface area contributed by atoms with Gasteiger partial charge in [0.2, 0.25) is 5.91 Å². The number of halogens is 1. The number of aryl methyl sites for hydroxylation is 2. The van der Waals surface area contributed by atoms with Crippen molar-refractivity contribution in [2.45, 2.75) is 38.6 Å². The Morgan fingerprint density at radius 1 is 1.00 bits per heavy atom. The van der Waals surface area contributed by atoms with Crippen molar-refractivity contribution >= 4 is 33.2 Å². The van der Waals surface area contributed by atoms with E-state index >= 15 is 0 Å². The predicted molar refractivity (Wildman–Crippen MR) is 98.9 cm³/mol. The van der Waals surface area contributed by atoms with Crippen molar-refractivity contribution < 1.29 is 4.79 Å². The van der Waals surface area contributed by atoms with Crippen LogP contribution in [0.3, 0.4) is 0 Å². The molecule has 120 valence electrons. The zero-order chi connectivity index (χ0) is 16.2. The Morgan fingerprint density at radius 2 is 1.65 bits per heavy atom. The first kappa shape index (κ1) is 16.1. The van der Waals surface area contributed by atoms with Gasteiger partial charge in [-0.3, -0.25) is 4.79 Å². The van der Waals surface area contributed by atoms with Gasteiger partial charge in [0, 0.05) is 15.8 Å². The molecule has 1 unspecified atom stereocenters. The zero-order valence-corrected chi connectivity index (χ0v) is 14.8. The molecule has 2 aromatic carbocycles. The van der Waals surface area contributed by atoms with Gasteiger partial charge < -0.3 is 10.6 Å². The molecule has 1 aliphatic rings. The Hall–Kier alpha value is -1.81. The van der Waals surface area contributed by atoms with Gasteiger partial charge in [-0.15, -0.1) is 0 Å². The van der Waals surface area contributed by atoms with Gasteiger partial charge in [-0.25, -0.2) is 0 Å². The van der Waals surface area contributed by atoms with Crippen LogP contribution < -0.4 is 10.6 Å². The third-order valence-electron chi connectivity index (χ3n) is 4.24. The summed E-state index contributed by atoms with van der Waals surface area (Å²) in [4.78, 5) is 12.3. The molecule has 0 aliphatic heterocycles. The van der Waals surface area contributed by atoms with Crippen molar-refractivity contribution in [2.75, 3.05) is 10.6 Å². The summed E-state index contributed by atoms with van der Waals surface area (Å²) in [5.74, 6) is -0.0370. The van der Waals surface area contributed by atoms with Gasteiger partial charge in [-0.2, -0.15) is 0 Å². The third-order valence-corrected chi connectivity index (χ3v) is 4.77. The van der Waals surface area contributed by atoms with Gasteiger partial charge in [0.1, 0.15) is 6.04 Å². The molecule has 1 atom stereocenters. The van der Waals surface area contributed by atoms with E-state index in [1.54, 1.807) is 0 Å². The summed E-state index contributed by atoms with van der Waals surface area (Å²) in [6, 6.07) is 13.8. The Bertz CT molecular complexity index is 697. The van der Waals surface area contributed by atoms with Gasteiger partial charge in [-0.05, 0) is 80.1 Å². The van der Waals surface area contributed by atoms with E-state index in [0.29, 0.717) is 0 Å². The standard InChI is InChI=1S/C19H21BrN2O/c1-13(19(23)22-17-10-7-16(20)8-11-17)21-18-9-6-14-4-2-3-5-15(14)12-18/h6-13,21H,2-5H2,1H3,(H,22,23). The number of hydrogen-bond acceptors (Lipinski definition) is 2. The number of anilines is 2. The molecule has 0 saturated carbocycles. The minimum Gasteiger partial charge on any atom is -0.374 e. The number of benzene rings is 2. The Kier molecular flexibility index (Phi) is 5.01. The number of amides is 1. The SMILES string of the molecule is CC(Nc1ccc2c(c1)CCCC2)C(=O)Nc1ccc(Br)cc1. The molecule has 1 aliphatic carbocycles. The van der Waals surface area contributed by atoms with Gasteiger partial charge in [-0.1, -0.05) is 22.0 Å². The Balaban J connectivity index is 1.62. The largest absolute Gasteiger partial charge is 0.374 e. The highest BCUT2D eigenvalue weighted by atomic mass is 79.9. The molecule has 0 bridgehead atoms. The van der Waals surface area contributed by atoms with Crippen LogP contribution in [0.4, 0.5) is 11.4 Å². The van der Waals surface area contributed by atoms with Crippen LogP contribution in [0.5, 0.6) is 0 Å². The first-order valence-corrected chi connectivity index (χ1v) is 8.86. The average Bonchev–Trinajstić information content (AvgIpc) is 2.56. The second kappa shape index (κ2) is 7.18. The maximum Gasteiger partial charge on any atom is 0.246 e. The predicted octanol–water partition coefficient (Wildman–Crippen LogP) is 4.77. The normalized spacial score (nSPS) is 14.7. The van der Waals surface area contributed by atoms with E-state index in [9.17, 15) is 4.79 Å². The summed E-state index contributed by atoms with van der Waals surface area (Å²) in [5, 5.41) is 6.23. The van der Waals surface area contributed by atoms with Crippen LogP contribution >= 0.6 is 15.9 Å². The fourth-order valence-corrected chi connectivity index (χ4v) is 3.19. The minimum absolute atomic E-state index is 0.0370. The van der Waals surface area contributed by atoms with E-state index in [2.05, 4.69) is 44.8 Å². The molecule has 2 N–H and O–H groups in total. The maximum atomic E-state index is 12.3. The Morgan fingerprint density at radius 3 is 2.39 bits per heavy atom. The molecular formula is C19H21BrN2O. The minimum atomic E-state index is -0.291. The summed E-state index contributed by atoms with van der Waals surface area (Å²) in [6.07, 6.45) is 4.86. The first-order chi connectivity index (χ1) is 11.1.